The maximum absolute atomic E-state index is 6.12. The summed E-state index contributed by atoms with van der Waals surface area (Å²) in [4.78, 5) is 0. The van der Waals surface area contributed by atoms with Gasteiger partial charge in [0.05, 0.1) is 0 Å². The van der Waals surface area contributed by atoms with Crippen molar-refractivity contribution in [1.82, 2.24) is 0 Å². The normalized spacial score (nSPS) is 12.2. The Labute approximate surface area is 451 Å². The lowest BCUT2D eigenvalue weighted by Crippen LogP contribution is -2.16. The maximum Gasteiger partial charge on any atom is 0.143 e. The van der Waals surface area contributed by atoms with Gasteiger partial charge in [-0.15, -0.1) is 11.3 Å². The number of aryl methyl sites for hydroxylation is 3. The summed E-state index contributed by atoms with van der Waals surface area (Å²) in [7, 11) is 0. The van der Waals surface area contributed by atoms with E-state index in [-0.39, 0.29) is 5.41 Å². The molecule has 0 fully saturated rings. The summed E-state index contributed by atoms with van der Waals surface area (Å²) >= 11 is 1.87. The lowest BCUT2D eigenvalue weighted by atomic mass is 9.78. The third kappa shape index (κ3) is 9.35. The van der Waals surface area contributed by atoms with Crippen LogP contribution in [0.4, 0.5) is 0 Å². The SMILES string of the molecule is CCCc1ccc(-c2cccc3c2oc2ccccc23)cc1.Cc1ccc(-c2ccc3c(c2)-c2cc(-c4ccccc4)cc(-c4ccccc4)c2C3(C)C)cc1.Cc1ccc(-c2ccc3sc4ccccc4c3c2)cc1. The van der Waals surface area contributed by atoms with E-state index >= 15 is 0 Å². The molecule has 1 aliphatic carbocycles. The quantitative estimate of drug-likeness (QED) is 0.155. The van der Waals surface area contributed by atoms with Gasteiger partial charge in [0.25, 0.3) is 0 Å². The number of para-hydroxylation sites is 2. The van der Waals surface area contributed by atoms with Crippen molar-refractivity contribution >= 4 is 53.4 Å². The van der Waals surface area contributed by atoms with Gasteiger partial charge in [-0.05, 0) is 141 Å². The number of rotatable bonds is 7. The molecule has 11 aromatic carbocycles. The topological polar surface area (TPSA) is 13.1 Å². The van der Waals surface area contributed by atoms with Crippen molar-refractivity contribution in [2.75, 3.05) is 0 Å². The van der Waals surface area contributed by atoms with Crippen LogP contribution in [0.3, 0.4) is 0 Å². The highest BCUT2D eigenvalue weighted by Crippen LogP contribution is 2.54. The molecule has 0 saturated carbocycles. The van der Waals surface area contributed by atoms with Gasteiger partial charge in [0.2, 0.25) is 0 Å². The molecule has 0 N–H and O–H groups in total. The second-order valence-corrected chi connectivity index (χ2v) is 21.9. The van der Waals surface area contributed by atoms with Crippen LogP contribution in [0.5, 0.6) is 0 Å². The van der Waals surface area contributed by atoms with Crippen LogP contribution in [0.15, 0.2) is 253 Å². The van der Waals surface area contributed by atoms with Crippen LogP contribution < -0.4 is 0 Å². The fourth-order valence-electron chi connectivity index (χ4n) is 11.3. The average Bonchev–Trinajstić information content (AvgIpc) is 4.24. The lowest BCUT2D eigenvalue weighted by molar-refractivity contribution is 0.662. The van der Waals surface area contributed by atoms with Crippen molar-refractivity contribution < 1.29 is 4.42 Å². The smallest absolute Gasteiger partial charge is 0.143 e. The number of hydrogen-bond acceptors (Lipinski definition) is 2. The summed E-state index contributed by atoms with van der Waals surface area (Å²) < 4.78 is 8.84. The molecule has 0 spiro atoms. The van der Waals surface area contributed by atoms with Gasteiger partial charge in [-0.3, -0.25) is 0 Å². The molecule has 2 heterocycles. The third-order valence-electron chi connectivity index (χ3n) is 15.3. The van der Waals surface area contributed by atoms with Crippen molar-refractivity contribution in [1.29, 1.82) is 0 Å². The predicted octanol–water partition coefficient (Wildman–Crippen LogP) is 21.5. The van der Waals surface area contributed by atoms with Crippen molar-refractivity contribution in [3.05, 3.63) is 277 Å². The zero-order valence-corrected chi connectivity index (χ0v) is 44.7. The van der Waals surface area contributed by atoms with Crippen LogP contribution in [0, 0.1) is 13.8 Å². The molecule has 0 bridgehead atoms. The van der Waals surface area contributed by atoms with Gasteiger partial charge in [0, 0.05) is 41.9 Å². The van der Waals surface area contributed by atoms with Crippen LogP contribution in [0.1, 0.15) is 55.0 Å². The first-order chi connectivity index (χ1) is 37.2. The first kappa shape index (κ1) is 48.4. The van der Waals surface area contributed by atoms with Crippen molar-refractivity contribution in [3.63, 3.8) is 0 Å². The molecule has 0 unspecified atom stereocenters. The molecule has 368 valence electrons. The second-order valence-electron chi connectivity index (χ2n) is 20.8. The number of furan rings is 1. The maximum atomic E-state index is 6.12. The molecule has 76 heavy (non-hydrogen) atoms. The summed E-state index contributed by atoms with van der Waals surface area (Å²) in [5.74, 6) is 0. The fourth-order valence-corrected chi connectivity index (χ4v) is 12.4. The number of benzene rings is 11. The monoisotopic (exact) mass is 996 g/mol. The van der Waals surface area contributed by atoms with Gasteiger partial charge in [-0.2, -0.15) is 0 Å². The minimum Gasteiger partial charge on any atom is -0.455 e. The van der Waals surface area contributed by atoms with E-state index < -0.39 is 0 Å². The Kier molecular flexibility index (Phi) is 13.1. The van der Waals surface area contributed by atoms with Crippen LogP contribution in [0.25, 0.3) is 109 Å². The highest BCUT2D eigenvalue weighted by molar-refractivity contribution is 7.25. The minimum absolute atomic E-state index is 0.0726. The standard InChI is InChI=1S/C34H28.C21H18O.C19H14S/c1-23-14-16-25(17-15-23)27-18-19-32-30(20-27)31-22-28(24-10-6-4-7-11-24)21-29(33(31)34(32,2)3)26-12-8-5-9-13-26;1-2-6-15-11-13-16(14-12-15)17-8-5-9-19-18-7-3-4-10-20(18)22-21(17)19;1-13-6-8-14(9-7-13)15-10-11-19-17(12-15)16-4-2-3-5-18(16)20-19/h4-22H,1-3H3;3-5,7-14H,2,6H2,1H3;2-12H,1H3. The van der Waals surface area contributed by atoms with E-state index in [1.165, 1.54) is 126 Å². The van der Waals surface area contributed by atoms with E-state index in [2.05, 4.69) is 271 Å². The zero-order valence-electron chi connectivity index (χ0n) is 43.9. The molecule has 14 rings (SSSR count). The van der Waals surface area contributed by atoms with Crippen LogP contribution in [-0.4, -0.2) is 0 Å². The minimum atomic E-state index is -0.0726. The second kappa shape index (κ2) is 20.6. The first-order valence-corrected chi connectivity index (χ1v) is 27.5. The fraction of sp³-hybridized carbons (Fsp3) is 0.108. The van der Waals surface area contributed by atoms with Gasteiger partial charge in [0.15, 0.2) is 0 Å². The largest absolute Gasteiger partial charge is 0.455 e. The molecule has 2 heteroatoms. The summed E-state index contributed by atoms with van der Waals surface area (Å²) in [5, 5.41) is 5.10. The number of thiophene rings is 1. The molecule has 2 aromatic heterocycles. The first-order valence-electron chi connectivity index (χ1n) is 26.7. The number of fused-ring (bicyclic) bond motifs is 9. The molecule has 0 atom stereocenters. The van der Waals surface area contributed by atoms with Gasteiger partial charge in [-0.25, -0.2) is 0 Å². The summed E-state index contributed by atoms with van der Waals surface area (Å²) in [6.45, 7) is 11.2. The molecule has 0 radical (unpaired) electrons. The van der Waals surface area contributed by atoms with Crippen LogP contribution in [-0.2, 0) is 11.8 Å². The summed E-state index contributed by atoms with van der Waals surface area (Å²) in [5.41, 5.74) is 24.0. The Morgan fingerprint density at radius 1 is 0.368 bits per heavy atom. The molecule has 13 aromatic rings. The molecular weight excluding hydrogens is 937 g/mol. The summed E-state index contributed by atoms with van der Waals surface area (Å²) in [6.07, 6.45) is 2.31. The van der Waals surface area contributed by atoms with E-state index in [0.29, 0.717) is 0 Å². The third-order valence-corrected chi connectivity index (χ3v) is 16.4. The van der Waals surface area contributed by atoms with E-state index in [9.17, 15) is 0 Å². The van der Waals surface area contributed by atoms with Crippen molar-refractivity contribution in [2.24, 2.45) is 0 Å². The highest BCUT2D eigenvalue weighted by atomic mass is 32.1. The molecule has 1 aliphatic rings. The van der Waals surface area contributed by atoms with Crippen LogP contribution in [0.2, 0.25) is 0 Å². The molecule has 0 aliphatic heterocycles. The molecule has 1 nitrogen and oxygen atoms in total. The molecular formula is C74H60OS. The Hall–Kier alpha value is -8.56. The molecule has 0 amide bonds. The van der Waals surface area contributed by atoms with E-state index in [1.807, 2.05) is 23.5 Å². The Morgan fingerprint density at radius 3 is 1.58 bits per heavy atom. The lowest BCUT2D eigenvalue weighted by Gasteiger charge is -2.25. The van der Waals surface area contributed by atoms with Gasteiger partial charge >= 0.3 is 0 Å². The van der Waals surface area contributed by atoms with Gasteiger partial charge in [-0.1, -0.05) is 245 Å². The Morgan fingerprint density at radius 2 is 0.882 bits per heavy atom. The van der Waals surface area contributed by atoms with E-state index in [1.54, 1.807) is 0 Å². The highest BCUT2D eigenvalue weighted by Gasteiger charge is 2.38. The van der Waals surface area contributed by atoms with E-state index in [4.69, 9.17) is 4.42 Å². The number of hydrogen-bond donors (Lipinski definition) is 0. The zero-order chi connectivity index (χ0) is 51.8. The van der Waals surface area contributed by atoms with Gasteiger partial charge < -0.3 is 4.42 Å². The Balaban J connectivity index is 0.000000121. The van der Waals surface area contributed by atoms with E-state index in [0.717, 1.165) is 23.2 Å². The average molecular weight is 997 g/mol. The predicted molar refractivity (Wildman–Crippen MR) is 328 cm³/mol. The Bertz CT molecular complexity index is 4180. The van der Waals surface area contributed by atoms with Gasteiger partial charge in [0.1, 0.15) is 11.2 Å². The summed E-state index contributed by atoms with van der Waals surface area (Å²) in [6, 6.07) is 89.9. The molecule has 0 saturated heterocycles. The van der Waals surface area contributed by atoms with Crippen molar-refractivity contribution in [3.8, 4) is 66.8 Å². The van der Waals surface area contributed by atoms with Crippen LogP contribution >= 0.6 is 11.3 Å². The van der Waals surface area contributed by atoms with Crippen molar-refractivity contribution in [2.45, 2.75) is 52.9 Å².